The molecule has 2 heterocycles. The molecule has 1 fully saturated rings. The monoisotopic (exact) mass is 850 g/mol. The first-order valence-corrected chi connectivity index (χ1v) is 22.1. The van der Waals surface area contributed by atoms with Gasteiger partial charge in [0.05, 0.1) is 30.8 Å². The quantitative estimate of drug-likeness (QED) is 0.0339. The van der Waals surface area contributed by atoms with Gasteiger partial charge in [0.2, 0.25) is 5.56 Å². The van der Waals surface area contributed by atoms with Gasteiger partial charge in [0, 0.05) is 35.1 Å². The van der Waals surface area contributed by atoms with Crippen LogP contribution in [-0.2, 0) is 4.74 Å². The van der Waals surface area contributed by atoms with Gasteiger partial charge in [-0.15, -0.1) is 0 Å². The molecule has 0 aliphatic carbocycles. The van der Waals surface area contributed by atoms with Gasteiger partial charge in [-0.2, -0.15) is 0 Å². The normalized spacial score (nSPS) is 16.5. The molecule has 0 bridgehead atoms. The Labute approximate surface area is 363 Å². The van der Waals surface area contributed by atoms with Gasteiger partial charge in [0.1, 0.15) is 17.6 Å². The van der Waals surface area contributed by atoms with E-state index in [2.05, 4.69) is 27.4 Å². The molecule has 12 heteroatoms. The number of nitrogens with one attached hydrogen (secondary N) is 3. The Morgan fingerprint density at radius 3 is 2.39 bits per heavy atom. The number of carbonyl (C=O) groups is 2. The number of aromatic hydroxyl groups is 1. The van der Waals surface area contributed by atoms with Crippen molar-refractivity contribution < 1.29 is 29.3 Å². The molecule has 1 saturated heterocycles. The second-order valence-corrected chi connectivity index (χ2v) is 16.4. The lowest BCUT2D eigenvalue weighted by atomic mass is 9.91. The van der Waals surface area contributed by atoms with E-state index in [0.717, 1.165) is 87.8 Å². The van der Waals surface area contributed by atoms with Gasteiger partial charge in [-0.3, -0.25) is 14.5 Å². The zero-order valence-corrected chi connectivity index (χ0v) is 35.7. The van der Waals surface area contributed by atoms with E-state index in [-0.39, 0.29) is 35.7 Å². The van der Waals surface area contributed by atoms with Crippen molar-refractivity contribution in [2.45, 2.75) is 83.0 Å². The summed E-state index contributed by atoms with van der Waals surface area (Å²) in [6.07, 6.45) is 7.57. The highest BCUT2D eigenvalue weighted by atomic mass is 35.5. The van der Waals surface area contributed by atoms with Crippen molar-refractivity contribution in [1.29, 1.82) is 0 Å². The number of aliphatic hydroxyl groups is 1. The number of nitrogens with zero attached hydrogens (tertiary/aromatic N) is 1. The summed E-state index contributed by atoms with van der Waals surface area (Å²) < 4.78 is 12.3. The number of likely N-dealkylation sites (tertiary alicyclic amines) is 1. The fourth-order valence-electron chi connectivity index (χ4n) is 8.13. The first-order valence-electron chi connectivity index (χ1n) is 21.7. The van der Waals surface area contributed by atoms with Crippen molar-refractivity contribution in [3.05, 3.63) is 141 Å². The third kappa shape index (κ3) is 13.4. The van der Waals surface area contributed by atoms with Gasteiger partial charge in [-0.1, -0.05) is 111 Å². The molecule has 1 aliphatic rings. The number of H-pyrrole nitrogens is 1. The van der Waals surface area contributed by atoms with E-state index in [1.807, 2.05) is 72.8 Å². The maximum atomic E-state index is 13.7. The minimum Gasteiger partial charge on any atom is -0.506 e. The number of rotatable bonds is 22. The molecule has 1 aliphatic heterocycles. The number of phenolic OH excluding ortho intramolecular Hbond substituents is 1. The van der Waals surface area contributed by atoms with Crippen LogP contribution in [0.4, 0.5) is 4.79 Å². The highest BCUT2D eigenvalue weighted by Crippen LogP contribution is 2.30. The summed E-state index contributed by atoms with van der Waals surface area (Å²) in [6.45, 7) is 5.42. The maximum absolute atomic E-state index is 13.7. The summed E-state index contributed by atoms with van der Waals surface area (Å²) in [7, 11) is 0. The number of aromatic amines is 1. The van der Waals surface area contributed by atoms with Crippen LogP contribution in [0.3, 0.4) is 0 Å². The number of pyridine rings is 1. The molecule has 1 aromatic heterocycles. The topological polar surface area (TPSA) is 153 Å². The number of fused-ring (bicyclic) bond motifs is 1. The van der Waals surface area contributed by atoms with E-state index < -0.39 is 18.2 Å². The molecule has 324 valence electrons. The minimum atomic E-state index is -0.762. The van der Waals surface area contributed by atoms with Crippen LogP contribution >= 0.6 is 11.6 Å². The Morgan fingerprint density at radius 1 is 0.885 bits per heavy atom. The van der Waals surface area contributed by atoms with Crippen molar-refractivity contribution in [2.75, 3.05) is 39.3 Å². The van der Waals surface area contributed by atoms with Crippen LogP contribution in [0.25, 0.3) is 10.9 Å². The van der Waals surface area contributed by atoms with Gasteiger partial charge in [0.15, 0.2) is 5.78 Å². The smallest absolute Gasteiger partial charge is 0.408 e. The predicted molar refractivity (Wildman–Crippen MR) is 241 cm³/mol. The van der Waals surface area contributed by atoms with Crippen molar-refractivity contribution in [3.63, 3.8) is 0 Å². The van der Waals surface area contributed by atoms with Gasteiger partial charge in [-0.25, -0.2) is 4.79 Å². The predicted octanol–water partition coefficient (Wildman–Crippen LogP) is 9.12. The Kier molecular flexibility index (Phi) is 17.2. The van der Waals surface area contributed by atoms with Crippen LogP contribution in [0.15, 0.2) is 108 Å². The molecule has 0 saturated carbocycles. The number of phenols is 1. The first kappa shape index (κ1) is 45.3. The summed E-state index contributed by atoms with van der Waals surface area (Å²) in [5, 5.41) is 28.5. The zero-order valence-electron chi connectivity index (χ0n) is 35.0. The summed E-state index contributed by atoms with van der Waals surface area (Å²) in [5.41, 5.74) is 3.04. The molecule has 4 aromatic carbocycles. The zero-order chi connectivity index (χ0) is 43.0. The van der Waals surface area contributed by atoms with Gasteiger partial charge >= 0.3 is 6.09 Å². The fourth-order valence-corrected chi connectivity index (χ4v) is 8.33. The van der Waals surface area contributed by atoms with Crippen LogP contribution in [0.5, 0.6) is 11.5 Å². The van der Waals surface area contributed by atoms with Crippen LogP contribution in [0.2, 0.25) is 5.02 Å². The van der Waals surface area contributed by atoms with Gasteiger partial charge in [-0.05, 0) is 97.8 Å². The van der Waals surface area contributed by atoms with E-state index in [9.17, 15) is 24.6 Å². The number of halogens is 1. The standard InChI is InChI=1S/C49H59ClN4O7/c1-2-34-25-27-54(32-44(57)35-15-9-8-10-16-35)33-45(34)61-49(59)53-47(36-17-13-19-38(50)29-36)37-18-14-20-39(30-37)60-28-12-7-5-3-4-6-11-26-51-31-43(56)40-21-23-42(55)48-41(40)22-24-46(58)52-48/h8-10,13-24,29-30,34,43,45,47,51,55-56H,2-7,11-12,25-28,31-33H2,1H3,(H,52,58)(H,53,59)/t34?,43-,45-,47?/m0/s1. The maximum Gasteiger partial charge on any atom is 0.408 e. The second kappa shape index (κ2) is 23.1. The van der Waals surface area contributed by atoms with Crippen molar-refractivity contribution in [2.24, 2.45) is 5.92 Å². The fraction of sp³-hybridized carbons (Fsp3) is 0.408. The molecule has 0 spiro atoms. The average Bonchev–Trinajstić information content (AvgIpc) is 3.26. The number of hydrogen-bond acceptors (Lipinski definition) is 9. The molecule has 1 amide bonds. The van der Waals surface area contributed by atoms with E-state index in [1.165, 1.54) is 12.1 Å². The molecule has 11 nitrogen and oxygen atoms in total. The average molecular weight is 851 g/mol. The molecule has 4 atom stereocenters. The lowest BCUT2D eigenvalue weighted by Crippen LogP contribution is -2.48. The Morgan fingerprint density at radius 2 is 1.62 bits per heavy atom. The molecule has 61 heavy (non-hydrogen) atoms. The third-order valence-electron chi connectivity index (χ3n) is 11.5. The molecule has 2 unspecified atom stereocenters. The summed E-state index contributed by atoms with van der Waals surface area (Å²) in [4.78, 5) is 43.0. The summed E-state index contributed by atoms with van der Waals surface area (Å²) >= 11 is 6.42. The Balaban J connectivity index is 0.912. The Hall–Kier alpha value is -5.20. The lowest BCUT2D eigenvalue weighted by molar-refractivity contribution is 0.00337. The Bertz CT molecular complexity index is 2230. The first-order chi connectivity index (χ1) is 29.7. The summed E-state index contributed by atoms with van der Waals surface area (Å²) in [6, 6.07) is 30.2. The molecule has 6 rings (SSSR count). The molecular formula is C49H59ClN4O7. The van der Waals surface area contributed by atoms with E-state index in [4.69, 9.17) is 21.1 Å². The van der Waals surface area contributed by atoms with E-state index >= 15 is 0 Å². The molecular weight excluding hydrogens is 792 g/mol. The largest absolute Gasteiger partial charge is 0.506 e. The van der Waals surface area contributed by atoms with Gasteiger partial charge < -0.3 is 35.3 Å². The minimum absolute atomic E-state index is 0.0202. The van der Waals surface area contributed by atoms with Crippen molar-refractivity contribution in [3.8, 4) is 11.5 Å². The van der Waals surface area contributed by atoms with Gasteiger partial charge in [0.25, 0.3) is 0 Å². The molecule has 5 N–H and O–H groups in total. The number of hydrogen-bond donors (Lipinski definition) is 5. The summed E-state index contributed by atoms with van der Waals surface area (Å²) in [5.74, 6) is 0.954. The van der Waals surface area contributed by atoms with E-state index in [1.54, 1.807) is 18.2 Å². The van der Waals surface area contributed by atoms with Crippen molar-refractivity contribution in [1.82, 2.24) is 20.5 Å². The van der Waals surface area contributed by atoms with Crippen LogP contribution in [0.1, 0.15) is 104 Å². The molecule has 5 aromatic rings. The van der Waals surface area contributed by atoms with Crippen LogP contribution in [-0.4, -0.2) is 77.4 Å². The molecule has 0 radical (unpaired) electrons. The number of alkyl carbamates (subject to hydrolysis) is 1. The number of ether oxygens (including phenoxy) is 2. The number of carbonyl (C=O) groups excluding carboxylic acids is 2. The third-order valence-corrected chi connectivity index (χ3v) is 11.8. The number of aromatic nitrogens is 1. The SMILES string of the molecule is CCC1CCN(CC(=O)c2ccccc2)C[C@@H]1OC(=O)NC(c1cccc(Cl)c1)c1cccc(OCCCCCCCCCNC[C@H](O)c2ccc(O)c3[nH]c(=O)ccc23)c1. The highest BCUT2D eigenvalue weighted by Gasteiger charge is 2.33. The number of unbranched alkanes of at least 4 members (excludes halogenated alkanes) is 6. The lowest BCUT2D eigenvalue weighted by Gasteiger charge is -2.37. The number of ketones is 1. The number of benzene rings is 4. The van der Waals surface area contributed by atoms with Crippen LogP contribution < -0.4 is 20.9 Å². The number of piperidine rings is 1. The number of Topliss-reactive ketones (excluding diaryl/α,β-unsaturated/α-hetero) is 1. The van der Waals surface area contributed by atoms with Crippen molar-refractivity contribution >= 4 is 34.4 Å². The second-order valence-electron chi connectivity index (χ2n) is 16.0. The number of amides is 1. The van der Waals surface area contributed by atoms with Crippen LogP contribution in [0, 0.1) is 5.92 Å². The number of aliphatic hydroxyl groups excluding tert-OH is 1. The van der Waals surface area contributed by atoms with E-state index in [0.29, 0.717) is 46.7 Å². The highest BCUT2D eigenvalue weighted by molar-refractivity contribution is 6.30.